The Labute approximate surface area is 596 Å². The van der Waals surface area contributed by atoms with Gasteiger partial charge < -0.3 is 27.9 Å². The van der Waals surface area contributed by atoms with Gasteiger partial charge in [0.05, 0.1) is 27.7 Å². The number of likely N-dealkylation sites (N-methyl/N-ethyl adjacent to an activating group) is 1. The van der Waals surface area contributed by atoms with Crippen molar-refractivity contribution in [2.24, 2.45) is 0 Å². The summed E-state index contributed by atoms with van der Waals surface area (Å²) in [6.07, 6.45) is 106. The van der Waals surface area contributed by atoms with Gasteiger partial charge in [-0.3, -0.25) is 14.2 Å². The third kappa shape index (κ3) is 80.2. The van der Waals surface area contributed by atoms with Crippen LogP contribution in [0, 0.1) is 0 Å². The Morgan fingerprint density at radius 3 is 0.896 bits per heavy atom. The molecule has 10 heteroatoms. The van der Waals surface area contributed by atoms with Crippen LogP contribution in [0.2, 0.25) is 0 Å². The highest BCUT2D eigenvalue weighted by atomic mass is 31.2. The lowest BCUT2D eigenvalue weighted by atomic mass is 10.0. The molecule has 0 aliphatic rings. The second kappa shape index (κ2) is 76.4. The van der Waals surface area contributed by atoms with E-state index in [1.807, 2.05) is 21.1 Å². The maximum absolute atomic E-state index is 12.9. The van der Waals surface area contributed by atoms with Gasteiger partial charge in [0.15, 0.2) is 6.10 Å². The number of nitrogens with zero attached hydrogens (tertiary/aromatic N) is 1. The molecule has 0 heterocycles. The maximum atomic E-state index is 12.9. The third-order valence-electron chi connectivity index (χ3n) is 18.4. The van der Waals surface area contributed by atoms with Crippen LogP contribution in [0.25, 0.3) is 0 Å². The van der Waals surface area contributed by atoms with Crippen molar-refractivity contribution in [2.75, 3.05) is 47.5 Å². The normalized spacial score (nSPS) is 13.4. The average molecular weight is 1370 g/mol. The van der Waals surface area contributed by atoms with Crippen LogP contribution >= 0.6 is 7.82 Å². The lowest BCUT2D eigenvalue weighted by Gasteiger charge is -2.28. The highest BCUT2D eigenvalue weighted by Gasteiger charge is 2.22. The number of hydrogen-bond donors (Lipinski definition) is 0. The van der Waals surface area contributed by atoms with Crippen molar-refractivity contribution in [3.05, 3.63) is 85.1 Å². The predicted octanol–water partition coefficient (Wildman–Crippen LogP) is 27.0. The highest BCUT2D eigenvalue weighted by molar-refractivity contribution is 7.45. The van der Waals surface area contributed by atoms with Crippen molar-refractivity contribution in [1.82, 2.24) is 0 Å². The number of ether oxygens (including phenoxy) is 2. The van der Waals surface area contributed by atoms with Gasteiger partial charge in [-0.15, -0.1) is 0 Å². The van der Waals surface area contributed by atoms with E-state index in [1.165, 1.54) is 289 Å². The number of phosphoric acid groups is 1. The SMILES string of the molecule is CC/C=C\C/C=C\C/C=C\C/C=C\C/C=C\C/C=C\CCCCCCCCCCCCCCCCCCC(=O)OC(COC(=O)CCCCCCCCCCCCCCCCCCCCCCCCCCC/C=C\CCCCCCCCCC)COP(=O)([O-])OCC[N+](C)(C)C. The maximum Gasteiger partial charge on any atom is 0.306 e. The van der Waals surface area contributed by atoms with E-state index in [4.69, 9.17) is 18.5 Å². The van der Waals surface area contributed by atoms with Crippen molar-refractivity contribution in [3.63, 3.8) is 0 Å². The van der Waals surface area contributed by atoms with Gasteiger partial charge in [-0.1, -0.05) is 381 Å². The lowest BCUT2D eigenvalue weighted by molar-refractivity contribution is -0.870. The van der Waals surface area contributed by atoms with Gasteiger partial charge in [-0.2, -0.15) is 0 Å². The quantitative estimate of drug-likeness (QED) is 0.0195. The van der Waals surface area contributed by atoms with Gasteiger partial charge in [0.25, 0.3) is 7.82 Å². The summed E-state index contributed by atoms with van der Waals surface area (Å²) in [6.45, 7) is 4.19. The molecule has 0 bridgehead atoms. The Bertz CT molecular complexity index is 1900. The largest absolute Gasteiger partial charge is 0.756 e. The molecule has 2 atom stereocenters. The molecule has 560 valence electrons. The molecular weight excluding hydrogens is 1210 g/mol. The van der Waals surface area contributed by atoms with Gasteiger partial charge in [-0.05, 0) is 89.9 Å². The van der Waals surface area contributed by atoms with Gasteiger partial charge in [-0.25, -0.2) is 0 Å². The van der Waals surface area contributed by atoms with Crippen molar-refractivity contribution in [1.29, 1.82) is 0 Å². The number of hydrogen-bond acceptors (Lipinski definition) is 8. The third-order valence-corrected chi connectivity index (χ3v) is 19.4. The first kappa shape index (κ1) is 93.2. The van der Waals surface area contributed by atoms with Crippen LogP contribution in [0.1, 0.15) is 399 Å². The van der Waals surface area contributed by atoms with Crippen molar-refractivity contribution < 1.29 is 42.1 Å². The molecule has 0 radical (unpaired) electrons. The molecule has 0 aromatic carbocycles. The van der Waals surface area contributed by atoms with E-state index < -0.39 is 26.5 Å². The summed E-state index contributed by atoms with van der Waals surface area (Å²) in [5.74, 6) is -0.815. The molecule has 0 fully saturated rings. The number of carbonyl (C=O) groups is 2. The number of unbranched alkanes of at least 4 members (excludes halogenated alkanes) is 49. The number of quaternary nitrogens is 1. The van der Waals surface area contributed by atoms with Crippen molar-refractivity contribution in [3.8, 4) is 0 Å². The van der Waals surface area contributed by atoms with E-state index >= 15 is 0 Å². The van der Waals surface area contributed by atoms with E-state index in [0.29, 0.717) is 17.4 Å². The first-order valence-electron chi connectivity index (χ1n) is 41.3. The standard InChI is InChI=1S/C86H158NO8P/c1-6-8-10-12-14-16-18-20-22-24-26-28-30-32-34-36-38-40-42-43-45-46-48-50-52-54-56-58-60-62-64-66-68-70-72-74-76-78-85(88)92-82-84(83-94-96(90,91)93-81-80-87(3,4)5)95-86(89)79-77-75-73-71-69-67-65-63-61-59-57-55-53-51-49-47-44-41-39-37-35-33-31-29-27-25-23-21-19-17-15-13-11-9-7-2/h9,11,15,17,21,23-24,26-27,29,33,35,39,41,84H,6-8,10,12-14,16,18-20,22,25,28,30-32,34,36-38,40,42-83H2,1-5H3/b11-9-,17-15-,23-21-,26-24-,29-27-,35-33-,41-39-. The molecule has 0 aliphatic heterocycles. The summed E-state index contributed by atoms with van der Waals surface area (Å²) in [4.78, 5) is 38.2. The zero-order valence-electron chi connectivity index (χ0n) is 64.1. The van der Waals surface area contributed by atoms with E-state index in [1.54, 1.807) is 0 Å². The van der Waals surface area contributed by atoms with Crippen molar-refractivity contribution >= 4 is 19.8 Å². The fraction of sp³-hybridized carbons (Fsp3) is 0.814. The summed E-state index contributed by atoms with van der Waals surface area (Å²) in [5.41, 5.74) is 0. The molecule has 0 rings (SSSR count). The molecule has 2 unspecified atom stereocenters. The Balaban J connectivity index is 3.92. The molecular formula is C86H158NO8P. The van der Waals surface area contributed by atoms with E-state index in [2.05, 4.69) is 98.9 Å². The smallest absolute Gasteiger partial charge is 0.306 e. The molecule has 9 nitrogen and oxygen atoms in total. The van der Waals surface area contributed by atoms with Crippen LogP contribution in [0.5, 0.6) is 0 Å². The van der Waals surface area contributed by atoms with Crippen LogP contribution in [-0.2, 0) is 32.7 Å². The number of esters is 2. The average Bonchev–Trinajstić information content (AvgIpc) is 2.74. The molecule has 0 aliphatic carbocycles. The van der Waals surface area contributed by atoms with Gasteiger partial charge in [0, 0.05) is 12.8 Å². The molecule has 96 heavy (non-hydrogen) atoms. The van der Waals surface area contributed by atoms with Crippen LogP contribution in [0.15, 0.2) is 85.1 Å². The Morgan fingerprint density at radius 2 is 0.594 bits per heavy atom. The molecule has 0 saturated heterocycles. The summed E-state index contributed by atoms with van der Waals surface area (Å²) < 4.78 is 34.4. The summed E-state index contributed by atoms with van der Waals surface area (Å²) in [5, 5.41) is 0. The summed E-state index contributed by atoms with van der Waals surface area (Å²) in [7, 11) is 1.18. The summed E-state index contributed by atoms with van der Waals surface area (Å²) >= 11 is 0. The Hall–Kier alpha value is -2.81. The minimum Gasteiger partial charge on any atom is -0.756 e. The van der Waals surface area contributed by atoms with Crippen LogP contribution < -0.4 is 4.89 Å². The molecule has 0 spiro atoms. The van der Waals surface area contributed by atoms with E-state index in [0.717, 1.165) is 77.0 Å². The van der Waals surface area contributed by atoms with Gasteiger partial charge >= 0.3 is 11.9 Å². The van der Waals surface area contributed by atoms with Crippen LogP contribution in [-0.4, -0.2) is 70.0 Å². The number of carbonyl (C=O) groups excluding carboxylic acids is 2. The fourth-order valence-electron chi connectivity index (χ4n) is 12.1. The van der Waals surface area contributed by atoms with Gasteiger partial charge in [0.1, 0.15) is 19.8 Å². The second-order valence-electron chi connectivity index (χ2n) is 29.1. The fourth-order valence-corrected chi connectivity index (χ4v) is 12.9. The van der Waals surface area contributed by atoms with Crippen molar-refractivity contribution in [2.45, 2.75) is 405 Å². The molecule has 0 N–H and O–H groups in total. The van der Waals surface area contributed by atoms with Crippen LogP contribution in [0.3, 0.4) is 0 Å². The molecule has 0 saturated carbocycles. The first-order chi connectivity index (χ1) is 47.0. The van der Waals surface area contributed by atoms with E-state index in [9.17, 15) is 19.0 Å². The number of phosphoric ester groups is 1. The zero-order valence-corrected chi connectivity index (χ0v) is 65.0. The summed E-state index contributed by atoms with van der Waals surface area (Å²) in [6, 6.07) is 0. The topological polar surface area (TPSA) is 111 Å². The number of rotatable bonds is 77. The zero-order chi connectivity index (χ0) is 69.7. The van der Waals surface area contributed by atoms with Gasteiger partial charge in [0.2, 0.25) is 0 Å². The Kier molecular flexibility index (Phi) is 74.1. The highest BCUT2D eigenvalue weighted by Crippen LogP contribution is 2.38. The van der Waals surface area contributed by atoms with E-state index in [-0.39, 0.29) is 32.0 Å². The minimum atomic E-state index is -4.65. The molecule has 0 aromatic heterocycles. The minimum absolute atomic E-state index is 0.0305. The Morgan fingerprint density at radius 1 is 0.333 bits per heavy atom. The lowest BCUT2D eigenvalue weighted by Crippen LogP contribution is -2.37. The first-order valence-corrected chi connectivity index (χ1v) is 42.8. The molecule has 0 amide bonds. The predicted molar refractivity (Wildman–Crippen MR) is 416 cm³/mol. The monoisotopic (exact) mass is 1360 g/mol. The molecule has 0 aromatic rings. The van der Waals surface area contributed by atoms with Crippen LogP contribution in [0.4, 0.5) is 0 Å². The number of allylic oxidation sites excluding steroid dienone is 14. The second-order valence-corrected chi connectivity index (χ2v) is 30.5.